The quantitative estimate of drug-likeness (QED) is 0.382. The van der Waals surface area contributed by atoms with Crippen molar-refractivity contribution >= 4 is 17.6 Å². The summed E-state index contributed by atoms with van der Waals surface area (Å²) in [6.07, 6.45) is 5.99. The summed E-state index contributed by atoms with van der Waals surface area (Å²) in [4.78, 5) is 11.1. The molecule has 0 aliphatic carbocycles. The molecule has 27 heavy (non-hydrogen) atoms. The van der Waals surface area contributed by atoms with E-state index < -0.39 is 0 Å². The lowest BCUT2D eigenvalue weighted by Gasteiger charge is -2.22. The van der Waals surface area contributed by atoms with Gasteiger partial charge in [0, 0.05) is 44.1 Å². The monoisotopic (exact) mass is 391 g/mol. The van der Waals surface area contributed by atoms with Crippen LogP contribution in [0.25, 0.3) is 0 Å². The van der Waals surface area contributed by atoms with Gasteiger partial charge in [-0.3, -0.25) is 4.99 Å². The van der Waals surface area contributed by atoms with Crippen LogP contribution < -0.4 is 10.1 Å². The van der Waals surface area contributed by atoms with Crippen molar-refractivity contribution in [3.05, 3.63) is 47.5 Å². The fraction of sp³-hybridized carbons (Fsp3) is 0.500. The summed E-state index contributed by atoms with van der Waals surface area (Å²) in [5.41, 5.74) is 0. The molecule has 6 nitrogen and oxygen atoms in total. The molecule has 0 unspecified atom stereocenters. The van der Waals surface area contributed by atoms with Gasteiger partial charge in [-0.2, -0.15) is 0 Å². The number of hydrogen-bond acceptors (Lipinski definition) is 3. The Labute approximate surface area is 167 Å². The van der Waals surface area contributed by atoms with E-state index in [-0.39, 0.29) is 0 Å². The predicted octanol–water partition coefficient (Wildman–Crippen LogP) is 3.60. The van der Waals surface area contributed by atoms with Crippen molar-refractivity contribution < 1.29 is 4.74 Å². The second-order valence-corrected chi connectivity index (χ2v) is 6.77. The molecule has 0 saturated carbocycles. The van der Waals surface area contributed by atoms with Crippen LogP contribution in [0, 0.1) is 6.92 Å². The standard InChI is InChI=1S/C20H30ClN5O/c1-4-22-20(24-10-5-6-12-26-13-11-23-17(26)2)25(3)14-15-27-19-9-7-8-18(21)16-19/h7-9,11,13,16H,4-6,10,12,14-15H2,1-3H3,(H,22,24). The number of benzene rings is 1. The zero-order valence-corrected chi connectivity index (χ0v) is 17.2. The average molecular weight is 392 g/mol. The molecule has 0 bridgehead atoms. The van der Waals surface area contributed by atoms with Gasteiger partial charge in [-0.25, -0.2) is 4.98 Å². The number of aromatic nitrogens is 2. The van der Waals surface area contributed by atoms with Gasteiger partial charge >= 0.3 is 0 Å². The average Bonchev–Trinajstić information content (AvgIpc) is 3.05. The van der Waals surface area contributed by atoms with Crippen LogP contribution in [0.1, 0.15) is 25.6 Å². The normalized spacial score (nSPS) is 11.5. The van der Waals surface area contributed by atoms with Gasteiger partial charge in [-0.1, -0.05) is 17.7 Å². The summed E-state index contributed by atoms with van der Waals surface area (Å²) in [6.45, 7) is 8.05. The Morgan fingerprint density at radius 3 is 2.93 bits per heavy atom. The van der Waals surface area contributed by atoms with E-state index in [2.05, 4.69) is 26.7 Å². The SMILES string of the molecule is CCNC(=NCCCCn1ccnc1C)N(C)CCOc1cccc(Cl)c1. The van der Waals surface area contributed by atoms with E-state index in [4.69, 9.17) is 21.3 Å². The lowest BCUT2D eigenvalue weighted by Crippen LogP contribution is -2.41. The minimum absolute atomic E-state index is 0.571. The third-order valence-corrected chi connectivity index (χ3v) is 4.42. The molecule has 0 radical (unpaired) electrons. The molecule has 0 spiro atoms. The summed E-state index contributed by atoms with van der Waals surface area (Å²) < 4.78 is 7.94. The smallest absolute Gasteiger partial charge is 0.193 e. The van der Waals surface area contributed by atoms with Gasteiger partial charge in [0.05, 0.1) is 6.54 Å². The molecule has 1 heterocycles. The van der Waals surface area contributed by atoms with Crippen molar-refractivity contribution in [2.24, 2.45) is 4.99 Å². The minimum Gasteiger partial charge on any atom is -0.492 e. The molecule has 2 rings (SSSR count). The fourth-order valence-electron chi connectivity index (χ4n) is 2.65. The molecule has 2 aromatic rings. The maximum Gasteiger partial charge on any atom is 0.193 e. The van der Waals surface area contributed by atoms with Crippen LogP contribution in [0.15, 0.2) is 41.7 Å². The maximum atomic E-state index is 5.98. The Kier molecular flexibility index (Phi) is 8.98. The number of guanidine groups is 1. The number of nitrogens with zero attached hydrogens (tertiary/aromatic N) is 4. The highest BCUT2D eigenvalue weighted by atomic mass is 35.5. The number of rotatable bonds is 10. The number of unbranched alkanes of at least 4 members (excludes halogenated alkanes) is 1. The number of likely N-dealkylation sites (N-methyl/N-ethyl adjacent to an activating group) is 1. The summed E-state index contributed by atoms with van der Waals surface area (Å²) >= 11 is 5.98. The van der Waals surface area contributed by atoms with Crippen LogP contribution in [0.4, 0.5) is 0 Å². The lowest BCUT2D eigenvalue weighted by atomic mass is 10.3. The third kappa shape index (κ3) is 7.51. The number of aryl methyl sites for hydroxylation is 2. The third-order valence-electron chi connectivity index (χ3n) is 4.18. The van der Waals surface area contributed by atoms with Gasteiger partial charge in [0.1, 0.15) is 18.2 Å². The van der Waals surface area contributed by atoms with Gasteiger partial charge in [-0.15, -0.1) is 0 Å². The highest BCUT2D eigenvalue weighted by Gasteiger charge is 2.06. The zero-order valence-electron chi connectivity index (χ0n) is 16.5. The van der Waals surface area contributed by atoms with E-state index in [1.165, 1.54) is 0 Å². The van der Waals surface area contributed by atoms with Gasteiger partial charge in [-0.05, 0) is 44.9 Å². The van der Waals surface area contributed by atoms with Crippen molar-refractivity contribution in [2.75, 3.05) is 33.3 Å². The van der Waals surface area contributed by atoms with Crippen LogP contribution in [0.3, 0.4) is 0 Å². The Hall–Kier alpha value is -2.21. The lowest BCUT2D eigenvalue weighted by molar-refractivity contribution is 0.281. The molecule has 0 aliphatic heterocycles. The first-order valence-corrected chi connectivity index (χ1v) is 9.83. The molecule has 7 heteroatoms. The van der Waals surface area contributed by atoms with Gasteiger partial charge in [0.2, 0.25) is 0 Å². The Morgan fingerprint density at radius 1 is 1.37 bits per heavy atom. The summed E-state index contributed by atoms with van der Waals surface area (Å²) in [6, 6.07) is 7.46. The number of imidazole rings is 1. The maximum absolute atomic E-state index is 5.98. The van der Waals surface area contributed by atoms with Crippen LogP contribution in [0.2, 0.25) is 5.02 Å². The molecule has 1 N–H and O–H groups in total. The molecule has 1 aromatic heterocycles. The van der Waals surface area contributed by atoms with Crippen molar-refractivity contribution in [3.63, 3.8) is 0 Å². The molecule has 0 aliphatic rings. The summed E-state index contributed by atoms with van der Waals surface area (Å²) in [7, 11) is 2.03. The predicted molar refractivity (Wildman–Crippen MR) is 112 cm³/mol. The van der Waals surface area contributed by atoms with E-state index in [0.29, 0.717) is 11.6 Å². The first kappa shape index (κ1) is 21.1. The van der Waals surface area contributed by atoms with Crippen LogP contribution in [0.5, 0.6) is 5.75 Å². The molecule has 1 aromatic carbocycles. The van der Waals surface area contributed by atoms with E-state index >= 15 is 0 Å². The fourth-order valence-corrected chi connectivity index (χ4v) is 2.83. The summed E-state index contributed by atoms with van der Waals surface area (Å²) in [5, 5.41) is 4.02. The van der Waals surface area contributed by atoms with Crippen molar-refractivity contribution in [2.45, 2.75) is 33.2 Å². The number of hydrogen-bond donors (Lipinski definition) is 1. The molecular formula is C20H30ClN5O. The van der Waals surface area contributed by atoms with Gasteiger partial charge in [0.25, 0.3) is 0 Å². The van der Waals surface area contributed by atoms with E-state index in [1.54, 1.807) is 0 Å². The molecule has 148 valence electrons. The van der Waals surface area contributed by atoms with E-state index in [9.17, 15) is 0 Å². The topological polar surface area (TPSA) is 54.7 Å². The molecule has 0 fully saturated rings. The zero-order chi connectivity index (χ0) is 19.5. The first-order valence-electron chi connectivity index (χ1n) is 9.45. The number of aliphatic imine (C=N–C) groups is 1. The highest BCUT2D eigenvalue weighted by Crippen LogP contribution is 2.16. The second kappa shape index (κ2) is 11.5. The van der Waals surface area contributed by atoms with E-state index in [1.807, 2.05) is 50.6 Å². The number of ether oxygens (including phenoxy) is 1. The first-order chi connectivity index (χ1) is 13.1. The molecule has 0 atom stereocenters. The second-order valence-electron chi connectivity index (χ2n) is 6.34. The van der Waals surface area contributed by atoms with Crippen molar-refractivity contribution in [1.82, 2.24) is 19.8 Å². The Morgan fingerprint density at radius 2 is 2.22 bits per heavy atom. The molecule has 0 amide bonds. The number of nitrogens with one attached hydrogen (secondary N) is 1. The Balaban J connectivity index is 1.73. The van der Waals surface area contributed by atoms with Crippen LogP contribution in [-0.4, -0.2) is 53.7 Å². The molecular weight excluding hydrogens is 362 g/mol. The van der Waals surface area contributed by atoms with E-state index in [0.717, 1.165) is 56.6 Å². The Bertz CT molecular complexity index is 716. The van der Waals surface area contributed by atoms with Gasteiger partial charge < -0.3 is 19.5 Å². The molecule has 0 saturated heterocycles. The summed E-state index contributed by atoms with van der Waals surface area (Å²) in [5.74, 6) is 2.75. The number of halogens is 1. The highest BCUT2D eigenvalue weighted by molar-refractivity contribution is 6.30. The minimum atomic E-state index is 0.571. The van der Waals surface area contributed by atoms with Crippen molar-refractivity contribution in [1.29, 1.82) is 0 Å². The largest absolute Gasteiger partial charge is 0.492 e. The van der Waals surface area contributed by atoms with Crippen molar-refractivity contribution in [3.8, 4) is 5.75 Å². The van der Waals surface area contributed by atoms with Gasteiger partial charge in [0.15, 0.2) is 5.96 Å². The van der Waals surface area contributed by atoms with Crippen LogP contribution in [-0.2, 0) is 6.54 Å². The van der Waals surface area contributed by atoms with Crippen LogP contribution >= 0.6 is 11.6 Å².